The number of nitro benzene ring substituents is 1. The normalized spacial score (nSPS) is 19.6. The van der Waals surface area contributed by atoms with Crippen molar-refractivity contribution in [2.45, 2.75) is 32.5 Å². The number of nitrogens with one attached hydrogen (secondary N) is 1. The molecular formula is C18H25N3O6. The maximum Gasteiger partial charge on any atom is 0.410 e. The number of likely N-dealkylation sites (tertiary alicyclic amines) is 1. The second-order valence-electron chi connectivity index (χ2n) is 7.45. The molecule has 1 aromatic rings. The van der Waals surface area contributed by atoms with Crippen molar-refractivity contribution < 1.29 is 24.0 Å². The van der Waals surface area contributed by atoms with Crippen molar-refractivity contribution in [3.8, 4) is 0 Å². The monoisotopic (exact) mass is 379 g/mol. The molecule has 148 valence electrons. The van der Waals surface area contributed by atoms with Gasteiger partial charge in [-0.25, -0.2) is 9.59 Å². The molecule has 1 aliphatic heterocycles. The predicted molar refractivity (Wildman–Crippen MR) is 97.5 cm³/mol. The number of hydrogen-bond acceptors (Lipinski definition) is 7. The summed E-state index contributed by atoms with van der Waals surface area (Å²) in [4.78, 5) is 36.4. The van der Waals surface area contributed by atoms with Gasteiger partial charge in [0.05, 0.1) is 17.0 Å². The van der Waals surface area contributed by atoms with E-state index in [1.807, 2.05) is 0 Å². The van der Waals surface area contributed by atoms with Gasteiger partial charge in [-0.1, -0.05) is 0 Å². The van der Waals surface area contributed by atoms with E-state index in [-0.39, 0.29) is 23.7 Å². The van der Waals surface area contributed by atoms with Crippen molar-refractivity contribution in [1.29, 1.82) is 0 Å². The first kappa shape index (κ1) is 20.6. The van der Waals surface area contributed by atoms with Crippen LogP contribution in [0.1, 0.15) is 31.1 Å². The highest BCUT2D eigenvalue weighted by atomic mass is 16.6. The molecular weight excluding hydrogens is 354 g/mol. The maximum absolute atomic E-state index is 12.4. The molecule has 1 saturated heterocycles. The van der Waals surface area contributed by atoms with Crippen LogP contribution in [0.3, 0.4) is 0 Å². The molecule has 0 aromatic heterocycles. The molecule has 9 heteroatoms. The summed E-state index contributed by atoms with van der Waals surface area (Å²) in [5.41, 5.74) is -0.487. The first-order valence-corrected chi connectivity index (χ1v) is 8.68. The highest BCUT2D eigenvalue weighted by molar-refractivity contribution is 5.89. The molecule has 1 fully saturated rings. The summed E-state index contributed by atoms with van der Waals surface area (Å²) in [5.74, 6) is -0.661. The van der Waals surface area contributed by atoms with Crippen LogP contribution in [0, 0.1) is 16.0 Å². The number of hydrogen-bond donors (Lipinski definition) is 1. The molecule has 0 spiro atoms. The first-order valence-electron chi connectivity index (χ1n) is 8.68. The summed E-state index contributed by atoms with van der Waals surface area (Å²) >= 11 is 0. The summed E-state index contributed by atoms with van der Waals surface area (Å²) in [6, 6.07) is 5.22. The maximum atomic E-state index is 12.4. The Morgan fingerprint density at radius 3 is 2.41 bits per heavy atom. The molecule has 0 unspecified atom stereocenters. The van der Waals surface area contributed by atoms with Gasteiger partial charge in [-0.3, -0.25) is 10.1 Å². The number of carbonyl (C=O) groups is 2. The molecule has 1 N–H and O–H groups in total. The largest absolute Gasteiger partial charge is 0.456 e. The standard InChI is InChI=1S/C18H25N3O6/c1-18(2,3)27-17(23)20-10-13(9-19-4)15(11-20)26-16(22)12-5-7-14(8-6-12)21(24)25/h5-8,13,15,19H,9-11H2,1-4H3/t13-,15-/m1/s1. The van der Waals surface area contributed by atoms with Gasteiger partial charge in [0.25, 0.3) is 5.69 Å². The van der Waals surface area contributed by atoms with Crippen LogP contribution in [0.15, 0.2) is 24.3 Å². The molecule has 1 heterocycles. The van der Waals surface area contributed by atoms with Crippen LogP contribution in [0.25, 0.3) is 0 Å². The van der Waals surface area contributed by atoms with Crippen molar-refractivity contribution in [1.82, 2.24) is 10.2 Å². The predicted octanol–water partition coefficient (Wildman–Crippen LogP) is 2.21. The van der Waals surface area contributed by atoms with Crippen molar-refractivity contribution in [2.24, 2.45) is 5.92 Å². The van der Waals surface area contributed by atoms with E-state index in [9.17, 15) is 19.7 Å². The SMILES string of the molecule is CNC[C@@H]1CN(C(=O)OC(C)(C)C)C[C@H]1OC(=O)c1ccc([N+](=O)[O-])cc1. The number of rotatable bonds is 5. The second-order valence-corrected chi connectivity index (χ2v) is 7.45. The summed E-state index contributed by atoms with van der Waals surface area (Å²) in [7, 11) is 1.78. The molecule has 0 saturated carbocycles. The van der Waals surface area contributed by atoms with Crippen LogP contribution in [-0.4, -0.2) is 60.3 Å². The lowest BCUT2D eigenvalue weighted by atomic mass is 10.1. The molecule has 9 nitrogen and oxygen atoms in total. The van der Waals surface area contributed by atoms with Crippen molar-refractivity contribution in [3.05, 3.63) is 39.9 Å². The van der Waals surface area contributed by atoms with Crippen LogP contribution in [0.4, 0.5) is 10.5 Å². The molecule has 0 bridgehead atoms. The quantitative estimate of drug-likeness (QED) is 0.474. The Balaban J connectivity index is 2.05. The second kappa shape index (κ2) is 8.34. The molecule has 0 radical (unpaired) electrons. The summed E-state index contributed by atoms with van der Waals surface area (Å²) in [6.45, 7) is 6.58. The number of ether oxygens (including phenoxy) is 2. The minimum Gasteiger partial charge on any atom is -0.456 e. The minimum atomic E-state index is -0.608. The molecule has 1 aromatic carbocycles. The lowest BCUT2D eigenvalue weighted by Gasteiger charge is -2.24. The Labute approximate surface area is 157 Å². The van der Waals surface area contributed by atoms with Gasteiger partial charge in [0.15, 0.2) is 0 Å². The van der Waals surface area contributed by atoms with Crippen LogP contribution in [0.2, 0.25) is 0 Å². The number of benzene rings is 1. The lowest BCUT2D eigenvalue weighted by Crippen LogP contribution is -2.36. The Morgan fingerprint density at radius 1 is 1.26 bits per heavy atom. The van der Waals surface area contributed by atoms with E-state index in [0.29, 0.717) is 13.1 Å². The van der Waals surface area contributed by atoms with Gasteiger partial charge in [0.1, 0.15) is 11.7 Å². The zero-order valence-corrected chi connectivity index (χ0v) is 15.9. The fraction of sp³-hybridized carbons (Fsp3) is 0.556. The lowest BCUT2D eigenvalue weighted by molar-refractivity contribution is -0.384. The topological polar surface area (TPSA) is 111 Å². The van der Waals surface area contributed by atoms with Gasteiger partial charge in [0.2, 0.25) is 0 Å². The summed E-state index contributed by atoms with van der Waals surface area (Å²) in [6.07, 6.45) is -0.940. The number of nitro groups is 1. The zero-order valence-electron chi connectivity index (χ0n) is 15.9. The van der Waals surface area contributed by atoms with Crippen LogP contribution < -0.4 is 5.32 Å². The Hall–Kier alpha value is -2.68. The third-order valence-corrected chi connectivity index (χ3v) is 4.07. The fourth-order valence-corrected chi connectivity index (χ4v) is 2.83. The van der Waals surface area contributed by atoms with Gasteiger partial charge >= 0.3 is 12.1 Å². The number of esters is 1. The fourth-order valence-electron chi connectivity index (χ4n) is 2.83. The average Bonchev–Trinajstić information content (AvgIpc) is 2.96. The van der Waals surface area contributed by atoms with E-state index < -0.39 is 28.7 Å². The van der Waals surface area contributed by atoms with Crippen LogP contribution >= 0.6 is 0 Å². The number of carbonyl (C=O) groups excluding carboxylic acids is 2. The van der Waals surface area contributed by atoms with E-state index in [1.165, 1.54) is 29.2 Å². The summed E-state index contributed by atoms with van der Waals surface area (Å²) < 4.78 is 11.0. The van der Waals surface area contributed by atoms with Crippen LogP contribution in [0.5, 0.6) is 0 Å². The van der Waals surface area contributed by atoms with Crippen LogP contribution in [-0.2, 0) is 9.47 Å². The minimum absolute atomic E-state index is 0.0792. The number of nitrogens with zero attached hydrogens (tertiary/aromatic N) is 2. The van der Waals surface area contributed by atoms with E-state index in [4.69, 9.17) is 9.47 Å². The number of amides is 1. The first-order chi connectivity index (χ1) is 12.6. The van der Waals surface area contributed by atoms with E-state index in [2.05, 4.69) is 5.32 Å². The zero-order chi connectivity index (χ0) is 20.2. The Bertz CT molecular complexity index is 698. The van der Waals surface area contributed by atoms with E-state index in [0.717, 1.165) is 0 Å². The summed E-state index contributed by atoms with van der Waals surface area (Å²) in [5, 5.41) is 13.7. The third kappa shape index (κ3) is 5.65. The molecule has 2 rings (SSSR count). The molecule has 2 atom stereocenters. The Morgan fingerprint density at radius 2 is 1.89 bits per heavy atom. The van der Waals surface area contributed by atoms with E-state index in [1.54, 1.807) is 27.8 Å². The molecule has 1 aliphatic rings. The smallest absolute Gasteiger partial charge is 0.410 e. The van der Waals surface area contributed by atoms with Crippen molar-refractivity contribution in [2.75, 3.05) is 26.7 Å². The van der Waals surface area contributed by atoms with Gasteiger partial charge in [-0.05, 0) is 40.0 Å². The van der Waals surface area contributed by atoms with Crippen molar-refractivity contribution >= 4 is 17.7 Å². The van der Waals surface area contributed by atoms with Crippen molar-refractivity contribution in [3.63, 3.8) is 0 Å². The van der Waals surface area contributed by atoms with Gasteiger partial charge in [0, 0.05) is 31.1 Å². The molecule has 1 amide bonds. The highest BCUT2D eigenvalue weighted by Gasteiger charge is 2.39. The highest BCUT2D eigenvalue weighted by Crippen LogP contribution is 2.23. The Kier molecular flexibility index (Phi) is 6.37. The number of non-ortho nitro benzene ring substituents is 1. The molecule has 27 heavy (non-hydrogen) atoms. The third-order valence-electron chi connectivity index (χ3n) is 4.07. The van der Waals surface area contributed by atoms with Gasteiger partial charge < -0.3 is 19.7 Å². The average molecular weight is 379 g/mol. The van der Waals surface area contributed by atoms with Gasteiger partial charge in [-0.2, -0.15) is 0 Å². The van der Waals surface area contributed by atoms with Gasteiger partial charge in [-0.15, -0.1) is 0 Å². The van der Waals surface area contributed by atoms with E-state index >= 15 is 0 Å². The molecule has 0 aliphatic carbocycles.